The van der Waals surface area contributed by atoms with E-state index in [9.17, 15) is 22.9 Å². The largest absolute Gasteiger partial charge is 0.726 e. The molecule has 0 rings (SSSR count). The van der Waals surface area contributed by atoms with Crippen LogP contribution in [0.5, 0.6) is 0 Å². The minimum Gasteiger partial charge on any atom is -0.726 e. The summed E-state index contributed by atoms with van der Waals surface area (Å²) in [6, 6.07) is 0. The minimum atomic E-state index is -4.41. The van der Waals surface area contributed by atoms with E-state index in [0.29, 0.717) is 0 Å². The van der Waals surface area contributed by atoms with Crippen molar-refractivity contribution in [2.24, 2.45) is 0 Å². The molecule has 0 aliphatic carbocycles. The number of quaternary nitrogens is 2. The molecule has 0 aliphatic rings. The van der Waals surface area contributed by atoms with E-state index in [1.54, 1.807) is 0 Å². The zero-order valence-corrected chi connectivity index (χ0v) is 28.4. The fourth-order valence-electron chi connectivity index (χ4n) is 3.87. The van der Waals surface area contributed by atoms with Crippen LogP contribution < -0.4 is 5.11 Å². The predicted octanol–water partition coefficient (Wildman–Crippen LogP) is 3.46. The summed E-state index contributed by atoms with van der Waals surface area (Å²) in [4.78, 5) is 10.2. The molecule has 0 heterocycles. The average Bonchev–Trinajstić information content (AvgIpc) is 2.74. The zero-order valence-electron chi connectivity index (χ0n) is 27.6. The molecule has 0 aromatic carbocycles. The predicted molar refractivity (Wildman–Crippen MR) is 161 cm³/mol. The number of hydrogen-bond donors (Lipinski definition) is 2. The van der Waals surface area contributed by atoms with Crippen molar-refractivity contribution in [2.75, 3.05) is 62.5 Å². The van der Waals surface area contributed by atoms with Crippen molar-refractivity contribution in [2.45, 2.75) is 123 Å². The first-order chi connectivity index (χ1) is 18.2. The number of carbonyl (C=O) groups is 1. The summed E-state index contributed by atoms with van der Waals surface area (Å²) in [5, 5.41) is 27.9. The molecule has 0 radical (unpaired) electrons. The zero-order chi connectivity index (χ0) is 32.3. The number of carboxylic acids is 1. The van der Waals surface area contributed by atoms with Crippen LogP contribution in [0.4, 0.5) is 0 Å². The normalized spacial score (nSPS) is 13.0. The van der Waals surface area contributed by atoms with Gasteiger partial charge in [-0.15, -0.1) is 0 Å². The number of rotatable bonds is 19. The van der Waals surface area contributed by atoms with Gasteiger partial charge >= 0.3 is 0 Å². The second kappa shape index (κ2) is 28.3. The molecule has 0 bridgehead atoms. The Bertz CT molecular complexity index is 623. The maximum Gasteiger partial charge on any atom is 0.217 e. The molecule has 2 N–H and O–H groups in total. The van der Waals surface area contributed by atoms with E-state index in [4.69, 9.17) is 10.2 Å². The van der Waals surface area contributed by atoms with Crippen molar-refractivity contribution in [1.29, 1.82) is 0 Å². The quantitative estimate of drug-likeness (QED) is 0.0989. The van der Waals surface area contributed by atoms with Gasteiger partial charge in [-0.2, -0.15) is 0 Å². The maximum absolute atomic E-state index is 10.2. The molecule has 2 unspecified atom stereocenters. The van der Waals surface area contributed by atoms with Gasteiger partial charge in [-0.25, -0.2) is 8.42 Å². The molecule has 0 spiro atoms. The number of carboxylic acid groups (broad SMARTS) is 1. The molecule has 0 saturated carbocycles. The first kappa shape index (κ1) is 46.1. The topological polar surface area (TPSA) is 147 Å². The highest BCUT2D eigenvalue weighted by Gasteiger charge is 2.10. The number of unbranched alkanes of at least 4 members (excludes halogenated alkanes) is 12. The smallest absolute Gasteiger partial charge is 0.217 e. The van der Waals surface area contributed by atoms with Gasteiger partial charge in [0.15, 0.2) is 0 Å². The Balaban J connectivity index is -0.000000244. The maximum atomic E-state index is 10.2. The number of aliphatic hydroxyl groups excluding tert-OH is 2. The van der Waals surface area contributed by atoms with Gasteiger partial charge < -0.3 is 33.6 Å². The molecule has 0 aromatic rings. The third kappa shape index (κ3) is 65.9. The van der Waals surface area contributed by atoms with Gasteiger partial charge in [0.2, 0.25) is 10.4 Å². The monoisotopic (exact) mass is 602 g/mol. The van der Waals surface area contributed by atoms with E-state index < -0.39 is 16.4 Å². The van der Waals surface area contributed by atoms with Gasteiger partial charge in [-0.1, -0.05) is 84.0 Å². The lowest BCUT2D eigenvalue weighted by Crippen LogP contribution is -2.40. The van der Waals surface area contributed by atoms with E-state index in [1.165, 1.54) is 70.6 Å². The van der Waals surface area contributed by atoms with Gasteiger partial charge in [0.1, 0.15) is 25.3 Å². The minimum absolute atomic E-state index is 0.185. The van der Waals surface area contributed by atoms with E-state index in [1.807, 2.05) is 13.8 Å². The molecule has 11 heteroatoms. The number of aliphatic hydroxyl groups is 2. The van der Waals surface area contributed by atoms with Gasteiger partial charge in [0.05, 0.1) is 49.4 Å². The van der Waals surface area contributed by atoms with Gasteiger partial charge in [0, 0.05) is 5.97 Å². The van der Waals surface area contributed by atoms with E-state index in [0.717, 1.165) is 42.0 Å². The number of aliphatic carboxylic acids is 1. The van der Waals surface area contributed by atoms with Crippen LogP contribution in [0, 0.1) is 0 Å². The number of likely N-dealkylation sites (N-methyl/N-ethyl adjacent to an activating group) is 2. The van der Waals surface area contributed by atoms with Gasteiger partial charge in [-0.3, -0.25) is 4.18 Å². The summed E-state index contributed by atoms with van der Waals surface area (Å²) < 4.78 is 32.7. The molecule has 0 amide bonds. The van der Waals surface area contributed by atoms with Gasteiger partial charge in [0.25, 0.3) is 0 Å². The lowest BCUT2D eigenvalue weighted by Gasteiger charge is -2.24. The summed E-state index contributed by atoms with van der Waals surface area (Å²) in [7, 11) is 8.77. The third-order valence-corrected chi connectivity index (χ3v) is 5.72. The van der Waals surface area contributed by atoms with E-state index >= 15 is 0 Å². The summed E-state index contributed by atoms with van der Waals surface area (Å²) >= 11 is 0. The molecule has 0 saturated heterocycles. The second-order valence-electron chi connectivity index (χ2n) is 12.6. The van der Waals surface area contributed by atoms with Crippen LogP contribution >= 0.6 is 0 Å². The summed E-state index contributed by atoms with van der Waals surface area (Å²) in [5.74, 6) is -0.905. The van der Waals surface area contributed by atoms with Crippen molar-refractivity contribution < 1.29 is 46.2 Å². The first-order valence-electron chi connectivity index (χ1n) is 14.8. The molecule has 10 nitrogen and oxygen atoms in total. The highest BCUT2D eigenvalue weighted by molar-refractivity contribution is 7.80. The first-order valence-corrected chi connectivity index (χ1v) is 16.2. The lowest BCUT2D eigenvalue weighted by molar-refractivity contribution is -0.873. The fraction of sp³-hybridized carbons (Fsp3) is 0.966. The Labute approximate surface area is 247 Å². The summed E-state index contributed by atoms with van der Waals surface area (Å²) in [6.45, 7) is 7.51. The van der Waals surface area contributed by atoms with Crippen LogP contribution in [-0.2, 0) is 19.4 Å². The summed E-state index contributed by atoms with van der Waals surface area (Å²) in [6.07, 6.45) is 16.6. The Morgan fingerprint density at radius 1 is 0.700 bits per heavy atom. The molecule has 0 aromatic heterocycles. The van der Waals surface area contributed by atoms with Crippen molar-refractivity contribution in [3.8, 4) is 0 Å². The molecule has 2 atom stereocenters. The fourth-order valence-corrected chi connectivity index (χ4v) is 3.87. The van der Waals surface area contributed by atoms with Crippen LogP contribution in [0.3, 0.4) is 0 Å². The highest BCUT2D eigenvalue weighted by Crippen LogP contribution is 2.12. The van der Waals surface area contributed by atoms with Crippen molar-refractivity contribution >= 4 is 16.4 Å². The lowest BCUT2D eigenvalue weighted by atomic mass is 10.0. The highest BCUT2D eigenvalue weighted by atomic mass is 32.3. The molecule has 40 heavy (non-hydrogen) atoms. The van der Waals surface area contributed by atoms with Crippen LogP contribution in [0.2, 0.25) is 0 Å². The molecular weight excluding hydrogens is 536 g/mol. The van der Waals surface area contributed by atoms with E-state index in [2.05, 4.69) is 53.4 Å². The van der Waals surface area contributed by atoms with Gasteiger partial charge in [-0.05, 0) is 26.7 Å². The Morgan fingerprint density at radius 3 is 1.10 bits per heavy atom. The van der Waals surface area contributed by atoms with Crippen LogP contribution in [-0.4, -0.2) is 113 Å². The molecule has 246 valence electrons. The third-order valence-electron chi connectivity index (χ3n) is 5.31. The van der Waals surface area contributed by atoms with Crippen molar-refractivity contribution in [3.63, 3.8) is 0 Å². The van der Waals surface area contributed by atoms with Crippen LogP contribution in [0.15, 0.2) is 0 Å². The van der Waals surface area contributed by atoms with Crippen molar-refractivity contribution in [1.82, 2.24) is 0 Å². The second-order valence-corrected chi connectivity index (χ2v) is 13.7. The number of hydrogen-bond acceptors (Lipinski definition) is 8. The SMILES string of the molecule is CC(O)C[N+](C)(C)C.CC(O)C[N+](C)(C)C.CCCCCCCCCCCCCCCC(=O)[O-].COS(=O)(=O)[O-]. The van der Waals surface area contributed by atoms with Crippen molar-refractivity contribution in [3.05, 3.63) is 0 Å². The molecule has 0 aliphatic heterocycles. The van der Waals surface area contributed by atoms with Crippen LogP contribution in [0.1, 0.15) is 111 Å². The Hall–Kier alpha value is -0.820. The summed E-state index contributed by atoms with van der Waals surface area (Å²) in [5.41, 5.74) is 0. The standard InChI is InChI=1S/C16H32O2.2C6H16NO.CH4O4S/c1-2-3-4-5-6-7-8-9-10-11-12-13-14-15-16(17)18;2*1-6(8)5-7(2,3)4;1-5-6(2,3)4/h2-15H2,1H3,(H,17,18);2*6,8H,5H2,1-4H3;1H3,(H,2,3,4)/q;2*+1;/p-2. The van der Waals surface area contributed by atoms with E-state index in [-0.39, 0.29) is 18.6 Å². The molecule has 0 fully saturated rings. The van der Waals surface area contributed by atoms with Crippen LogP contribution in [0.25, 0.3) is 0 Å². The Kier molecular flexibility index (Phi) is 32.7. The number of nitrogens with zero attached hydrogens (tertiary/aromatic N) is 2. The molecular formula is C29H66N2O8S. The Morgan fingerprint density at radius 2 is 0.950 bits per heavy atom. The average molecular weight is 603 g/mol. The number of carbonyl (C=O) groups excluding carboxylic acids is 1.